The molecule has 1 atom stereocenters. The lowest BCUT2D eigenvalue weighted by Crippen LogP contribution is -2.37. The number of fused-ring (bicyclic) bond motifs is 1. The van der Waals surface area contributed by atoms with E-state index in [2.05, 4.69) is 0 Å². The lowest BCUT2D eigenvalue weighted by Gasteiger charge is -2.23. The van der Waals surface area contributed by atoms with Gasteiger partial charge in [-0.15, -0.1) is 11.8 Å². The van der Waals surface area contributed by atoms with Crippen LogP contribution in [0.2, 0.25) is 5.02 Å². The third kappa shape index (κ3) is 4.23. The molecule has 1 amide bonds. The van der Waals surface area contributed by atoms with Crippen LogP contribution in [-0.2, 0) is 4.74 Å². The number of nitrogens with zero attached hydrogens (tertiary/aromatic N) is 2. The maximum atomic E-state index is 13.4. The van der Waals surface area contributed by atoms with Gasteiger partial charge in [0.15, 0.2) is 5.13 Å². The molecule has 0 aliphatic carbocycles. The number of methoxy groups -OCH3 is 1. The van der Waals surface area contributed by atoms with Crippen molar-refractivity contribution < 1.29 is 14.3 Å². The third-order valence-electron chi connectivity index (χ3n) is 4.89. The Bertz CT molecular complexity index is 1020. The summed E-state index contributed by atoms with van der Waals surface area (Å²) in [6, 6.07) is 11.2. The summed E-state index contributed by atoms with van der Waals surface area (Å²) in [6.07, 6.45) is 3.96. The third-order valence-corrected chi connectivity index (χ3v) is 7.17. The van der Waals surface area contributed by atoms with Gasteiger partial charge in [-0.3, -0.25) is 9.69 Å². The first-order valence-corrected chi connectivity index (χ1v) is 11.7. The molecule has 4 rings (SSSR count). The molecule has 0 spiro atoms. The standard InChI is InChI=1S/C21H21ClN2O3S2/c1-26-17-10-9-16(22)19-18(17)23-21(29-19)24(12-14-4-3-11-27-14)20(25)13-5-7-15(28-2)8-6-13/h5-10,14H,3-4,11-12H2,1-2H3. The van der Waals surface area contributed by atoms with Gasteiger partial charge in [-0.2, -0.15) is 0 Å². The average molecular weight is 449 g/mol. The second-order valence-electron chi connectivity index (χ2n) is 6.70. The first-order valence-electron chi connectivity index (χ1n) is 9.31. The van der Waals surface area contributed by atoms with E-state index in [0.717, 1.165) is 29.0 Å². The van der Waals surface area contributed by atoms with Crippen LogP contribution in [0.5, 0.6) is 5.75 Å². The number of anilines is 1. The van der Waals surface area contributed by atoms with E-state index in [-0.39, 0.29) is 12.0 Å². The summed E-state index contributed by atoms with van der Waals surface area (Å²) >= 11 is 9.43. The molecular formula is C21H21ClN2O3S2. The van der Waals surface area contributed by atoms with E-state index in [1.165, 1.54) is 11.3 Å². The Hall–Kier alpha value is -1.80. The number of halogens is 1. The van der Waals surface area contributed by atoms with E-state index in [4.69, 9.17) is 26.1 Å². The van der Waals surface area contributed by atoms with Crippen LogP contribution in [0.4, 0.5) is 5.13 Å². The van der Waals surface area contributed by atoms with E-state index in [1.807, 2.05) is 30.5 Å². The first-order chi connectivity index (χ1) is 14.1. The van der Waals surface area contributed by atoms with Crippen LogP contribution in [0, 0.1) is 0 Å². The predicted octanol–water partition coefficient (Wildman–Crippen LogP) is 5.51. The molecule has 0 bridgehead atoms. The van der Waals surface area contributed by atoms with Crippen molar-refractivity contribution in [3.8, 4) is 5.75 Å². The summed E-state index contributed by atoms with van der Waals surface area (Å²) in [5.41, 5.74) is 1.29. The van der Waals surface area contributed by atoms with Crippen LogP contribution in [0.25, 0.3) is 10.2 Å². The molecule has 0 saturated carbocycles. The zero-order chi connectivity index (χ0) is 20.4. The van der Waals surface area contributed by atoms with E-state index in [0.29, 0.717) is 33.5 Å². The molecule has 2 aromatic carbocycles. The number of carbonyl (C=O) groups is 1. The van der Waals surface area contributed by atoms with Gasteiger partial charge in [0.2, 0.25) is 0 Å². The molecule has 29 heavy (non-hydrogen) atoms. The van der Waals surface area contributed by atoms with Crippen LogP contribution < -0.4 is 9.64 Å². The van der Waals surface area contributed by atoms with Crippen molar-refractivity contribution >= 4 is 56.0 Å². The van der Waals surface area contributed by atoms with Gasteiger partial charge in [0.1, 0.15) is 11.3 Å². The number of thiazole rings is 1. The van der Waals surface area contributed by atoms with Gasteiger partial charge in [0, 0.05) is 17.1 Å². The normalized spacial score (nSPS) is 16.3. The van der Waals surface area contributed by atoms with Crippen molar-refractivity contribution in [2.75, 3.05) is 31.4 Å². The topological polar surface area (TPSA) is 51.7 Å². The minimum Gasteiger partial charge on any atom is -0.494 e. The first kappa shape index (κ1) is 20.5. The van der Waals surface area contributed by atoms with Gasteiger partial charge in [0.05, 0.1) is 29.5 Å². The number of hydrogen-bond acceptors (Lipinski definition) is 6. The summed E-state index contributed by atoms with van der Waals surface area (Å²) in [5.74, 6) is 0.544. The molecule has 5 nitrogen and oxygen atoms in total. The smallest absolute Gasteiger partial charge is 0.260 e. The number of benzene rings is 2. The highest BCUT2D eigenvalue weighted by Crippen LogP contribution is 2.39. The van der Waals surface area contributed by atoms with E-state index >= 15 is 0 Å². The summed E-state index contributed by atoms with van der Waals surface area (Å²) in [5, 5.41) is 1.19. The Morgan fingerprint density at radius 1 is 1.34 bits per heavy atom. The second kappa shape index (κ2) is 8.92. The van der Waals surface area contributed by atoms with Gasteiger partial charge in [0.25, 0.3) is 5.91 Å². The zero-order valence-corrected chi connectivity index (χ0v) is 18.6. The second-order valence-corrected chi connectivity index (χ2v) is 8.97. The molecule has 1 aliphatic heterocycles. The maximum Gasteiger partial charge on any atom is 0.260 e. The Morgan fingerprint density at radius 3 is 2.79 bits per heavy atom. The SMILES string of the molecule is COc1ccc(Cl)c2sc(N(CC3CCCO3)C(=O)c3ccc(SC)cc3)nc12. The van der Waals surface area contributed by atoms with Crippen LogP contribution in [-0.4, -0.2) is 43.5 Å². The van der Waals surface area contributed by atoms with E-state index in [1.54, 1.807) is 35.9 Å². The largest absolute Gasteiger partial charge is 0.494 e. The van der Waals surface area contributed by atoms with Crippen LogP contribution in [0.1, 0.15) is 23.2 Å². The highest BCUT2D eigenvalue weighted by molar-refractivity contribution is 7.98. The molecule has 1 aromatic heterocycles. The minimum atomic E-state index is -0.0951. The highest BCUT2D eigenvalue weighted by Gasteiger charge is 2.28. The van der Waals surface area contributed by atoms with E-state index in [9.17, 15) is 4.79 Å². The fraction of sp³-hybridized carbons (Fsp3) is 0.333. The van der Waals surface area contributed by atoms with Gasteiger partial charge < -0.3 is 9.47 Å². The number of thioether (sulfide) groups is 1. The lowest BCUT2D eigenvalue weighted by molar-refractivity contribution is 0.0917. The van der Waals surface area contributed by atoms with Crippen LogP contribution >= 0.6 is 34.7 Å². The summed E-state index contributed by atoms with van der Waals surface area (Å²) in [6.45, 7) is 1.19. The zero-order valence-electron chi connectivity index (χ0n) is 16.2. The number of carbonyl (C=O) groups excluding carboxylic acids is 1. The predicted molar refractivity (Wildman–Crippen MR) is 120 cm³/mol. The number of hydrogen-bond donors (Lipinski definition) is 0. The molecule has 1 unspecified atom stereocenters. The van der Waals surface area contributed by atoms with Crippen molar-refractivity contribution in [1.29, 1.82) is 0 Å². The van der Waals surface area contributed by atoms with Gasteiger partial charge >= 0.3 is 0 Å². The van der Waals surface area contributed by atoms with Crippen molar-refractivity contribution in [2.45, 2.75) is 23.8 Å². The molecule has 2 heterocycles. The number of amides is 1. The average Bonchev–Trinajstić information content (AvgIpc) is 3.42. The Labute approximate surface area is 183 Å². The van der Waals surface area contributed by atoms with Crippen molar-refractivity contribution in [1.82, 2.24) is 4.98 Å². The summed E-state index contributed by atoms with van der Waals surface area (Å²) in [7, 11) is 1.60. The molecule has 0 N–H and O–H groups in total. The summed E-state index contributed by atoms with van der Waals surface area (Å²) in [4.78, 5) is 21.0. The van der Waals surface area contributed by atoms with Crippen molar-refractivity contribution in [3.05, 3.63) is 47.0 Å². The molecule has 1 saturated heterocycles. The molecule has 1 fully saturated rings. The van der Waals surface area contributed by atoms with Crippen LogP contribution in [0.3, 0.4) is 0 Å². The quantitative estimate of drug-likeness (QED) is 0.465. The maximum absolute atomic E-state index is 13.4. The highest BCUT2D eigenvalue weighted by atomic mass is 35.5. The van der Waals surface area contributed by atoms with Gasteiger partial charge in [-0.05, 0) is 55.5 Å². The Kier molecular flexibility index (Phi) is 6.29. The van der Waals surface area contributed by atoms with Gasteiger partial charge in [-0.1, -0.05) is 22.9 Å². The van der Waals surface area contributed by atoms with Crippen LogP contribution in [0.15, 0.2) is 41.3 Å². The monoisotopic (exact) mass is 448 g/mol. The molecule has 8 heteroatoms. The van der Waals surface area contributed by atoms with Gasteiger partial charge in [-0.25, -0.2) is 4.98 Å². The number of aromatic nitrogens is 1. The molecule has 1 aliphatic rings. The molecule has 152 valence electrons. The van der Waals surface area contributed by atoms with E-state index < -0.39 is 0 Å². The summed E-state index contributed by atoms with van der Waals surface area (Å²) < 4.78 is 12.0. The molecule has 0 radical (unpaired) electrons. The van der Waals surface area contributed by atoms with Crippen molar-refractivity contribution in [3.63, 3.8) is 0 Å². The molecular weight excluding hydrogens is 428 g/mol. The Balaban J connectivity index is 1.74. The minimum absolute atomic E-state index is 0.00815. The number of ether oxygens (including phenoxy) is 2. The fourth-order valence-electron chi connectivity index (χ4n) is 3.35. The molecule has 3 aromatic rings. The Morgan fingerprint density at radius 2 is 2.14 bits per heavy atom. The van der Waals surface area contributed by atoms with Crippen molar-refractivity contribution in [2.24, 2.45) is 0 Å². The number of rotatable bonds is 6. The lowest BCUT2D eigenvalue weighted by atomic mass is 10.2. The fourth-order valence-corrected chi connectivity index (χ4v) is 5.02.